The van der Waals surface area contributed by atoms with Gasteiger partial charge in [0.1, 0.15) is 11.6 Å². The second-order valence-electron chi connectivity index (χ2n) is 7.95. The molecular formula is C20H27N9. The maximum atomic E-state index is 4.91. The third-order valence-corrected chi connectivity index (χ3v) is 6.11. The molecule has 152 valence electrons. The Kier molecular flexibility index (Phi) is 4.65. The number of hydrogen-bond acceptors (Lipinski definition) is 7. The minimum Gasteiger partial charge on any atom is -0.373 e. The lowest BCUT2D eigenvalue weighted by atomic mass is 9.97. The first-order valence-corrected chi connectivity index (χ1v) is 10.4. The van der Waals surface area contributed by atoms with Gasteiger partial charge in [0.2, 0.25) is 5.95 Å². The Balaban J connectivity index is 1.37. The molecule has 29 heavy (non-hydrogen) atoms. The van der Waals surface area contributed by atoms with Gasteiger partial charge in [0.25, 0.3) is 0 Å². The number of nitrogens with one attached hydrogen (secondary N) is 1. The molecule has 2 aliphatic rings. The van der Waals surface area contributed by atoms with E-state index in [0.717, 1.165) is 62.2 Å². The van der Waals surface area contributed by atoms with Crippen molar-refractivity contribution in [1.82, 2.24) is 34.3 Å². The van der Waals surface area contributed by atoms with Crippen LogP contribution in [0.25, 0.3) is 0 Å². The summed E-state index contributed by atoms with van der Waals surface area (Å²) in [7, 11) is 4.01. The number of hydrogen-bond donors (Lipinski definition) is 1. The maximum Gasteiger partial charge on any atom is 0.227 e. The zero-order valence-electron chi connectivity index (χ0n) is 17.0. The number of piperidine rings is 1. The first kappa shape index (κ1) is 18.1. The van der Waals surface area contributed by atoms with Gasteiger partial charge in [-0.15, -0.1) is 10.2 Å². The fourth-order valence-corrected chi connectivity index (χ4v) is 4.55. The van der Waals surface area contributed by atoms with Crippen LogP contribution in [0.5, 0.6) is 0 Å². The van der Waals surface area contributed by atoms with E-state index in [4.69, 9.17) is 9.97 Å². The first-order chi connectivity index (χ1) is 14.2. The van der Waals surface area contributed by atoms with Gasteiger partial charge in [-0.2, -0.15) is 4.98 Å². The third kappa shape index (κ3) is 3.34. The summed E-state index contributed by atoms with van der Waals surface area (Å²) in [5.74, 6) is 4.15. The van der Waals surface area contributed by atoms with Gasteiger partial charge in [0, 0.05) is 51.1 Å². The number of fused-ring (bicyclic) bond motifs is 1. The molecular weight excluding hydrogens is 366 g/mol. The molecule has 0 bridgehead atoms. The molecule has 1 aliphatic heterocycles. The normalized spacial score (nSPS) is 18.8. The minimum atomic E-state index is 0.327. The van der Waals surface area contributed by atoms with Crippen LogP contribution >= 0.6 is 0 Å². The van der Waals surface area contributed by atoms with Gasteiger partial charge >= 0.3 is 0 Å². The van der Waals surface area contributed by atoms with Crippen molar-refractivity contribution in [1.29, 1.82) is 0 Å². The second kappa shape index (κ2) is 7.46. The molecule has 0 unspecified atom stereocenters. The Morgan fingerprint density at radius 2 is 2.10 bits per heavy atom. The van der Waals surface area contributed by atoms with E-state index in [0.29, 0.717) is 12.5 Å². The number of anilines is 2. The molecule has 9 heteroatoms. The van der Waals surface area contributed by atoms with Crippen LogP contribution < -0.4 is 10.2 Å². The van der Waals surface area contributed by atoms with E-state index in [1.54, 1.807) is 12.5 Å². The maximum absolute atomic E-state index is 4.91. The monoisotopic (exact) mass is 393 g/mol. The summed E-state index contributed by atoms with van der Waals surface area (Å²) in [4.78, 5) is 16.2. The number of imidazole rings is 1. The summed E-state index contributed by atoms with van der Waals surface area (Å²) in [6, 6.07) is 0. The van der Waals surface area contributed by atoms with Crippen molar-refractivity contribution in [2.45, 2.75) is 44.6 Å². The summed E-state index contributed by atoms with van der Waals surface area (Å²) >= 11 is 0. The molecule has 0 radical (unpaired) electrons. The van der Waals surface area contributed by atoms with E-state index in [-0.39, 0.29) is 0 Å². The van der Waals surface area contributed by atoms with E-state index in [2.05, 4.69) is 37.0 Å². The van der Waals surface area contributed by atoms with Gasteiger partial charge in [-0.25, -0.2) is 9.97 Å². The molecule has 0 amide bonds. The SMILES string of the molecule is CNc1nc(N2CCC[C@@H](c3nnc(Cn4ccnc4)n3C)C2)nc2c1CCC2. The van der Waals surface area contributed by atoms with Crippen LogP contribution in [-0.2, 0) is 26.4 Å². The highest BCUT2D eigenvalue weighted by Crippen LogP contribution is 2.32. The molecule has 1 saturated heterocycles. The molecule has 9 nitrogen and oxygen atoms in total. The Bertz CT molecular complexity index is 992. The molecule has 0 spiro atoms. The number of aromatic nitrogens is 7. The predicted molar refractivity (Wildman–Crippen MR) is 110 cm³/mol. The van der Waals surface area contributed by atoms with Crippen molar-refractivity contribution >= 4 is 11.8 Å². The molecule has 1 atom stereocenters. The van der Waals surface area contributed by atoms with E-state index in [1.807, 2.05) is 17.8 Å². The molecule has 0 aromatic carbocycles. The number of aryl methyl sites for hydroxylation is 1. The van der Waals surface area contributed by atoms with Crippen molar-refractivity contribution in [2.75, 3.05) is 30.4 Å². The van der Waals surface area contributed by atoms with Crippen LogP contribution in [0.15, 0.2) is 18.7 Å². The minimum absolute atomic E-state index is 0.327. The first-order valence-electron chi connectivity index (χ1n) is 10.4. The molecule has 5 rings (SSSR count). The second-order valence-corrected chi connectivity index (χ2v) is 7.95. The van der Waals surface area contributed by atoms with Crippen molar-refractivity contribution in [3.63, 3.8) is 0 Å². The van der Waals surface area contributed by atoms with Crippen molar-refractivity contribution in [3.05, 3.63) is 41.6 Å². The van der Waals surface area contributed by atoms with Gasteiger partial charge in [-0.1, -0.05) is 0 Å². The number of rotatable bonds is 5. The Hall–Kier alpha value is -2.97. The van der Waals surface area contributed by atoms with E-state index in [1.165, 1.54) is 17.7 Å². The molecule has 3 aromatic rings. The van der Waals surface area contributed by atoms with Crippen molar-refractivity contribution in [2.24, 2.45) is 7.05 Å². The largest absolute Gasteiger partial charge is 0.373 e. The molecule has 1 fully saturated rings. The fraction of sp³-hybridized carbons (Fsp3) is 0.550. The quantitative estimate of drug-likeness (QED) is 0.706. The molecule has 3 aromatic heterocycles. The van der Waals surface area contributed by atoms with Gasteiger partial charge in [0.15, 0.2) is 5.82 Å². The average Bonchev–Trinajstić information content (AvgIpc) is 3.50. The third-order valence-electron chi connectivity index (χ3n) is 6.11. The van der Waals surface area contributed by atoms with Crippen LogP contribution in [0.1, 0.15) is 48.1 Å². The van der Waals surface area contributed by atoms with Gasteiger partial charge in [-0.3, -0.25) is 0 Å². The van der Waals surface area contributed by atoms with Crippen LogP contribution in [0.2, 0.25) is 0 Å². The summed E-state index contributed by atoms with van der Waals surface area (Å²) < 4.78 is 4.15. The summed E-state index contributed by atoms with van der Waals surface area (Å²) in [6.07, 6.45) is 11.0. The number of nitrogens with zero attached hydrogens (tertiary/aromatic N) is 8. The molecule has 0 saturated carbocycles. The predicted octanol–water partition coefficient (Wildman–Crippen LogP) is 1.76. The highest BCUT2D eigenvalue weighted by Gasteiger charge is 2.29. The van der Waals surface area contributed by atoms with E-state index >= 15 is 0 Å². The van der Waals surface area contributed by atoms with Gasteiger partial charge < -0.3 is 19.4 Å². The standard InChI is InChI=1S/C20H27N9/c1-21-18-15-6-3-7-16(15)23-20(24-18)29-9-4-5-14(11-29)19-26-25-17(27(19)2)12-28-10-8-22-13-28/h8,10,13-14H,3-7,9,11-12H2,1-2H3,(H,21,23,24)/t14-/m1/s1. The topological polar surface area (TPSA) is 89.6 Å². The van der Waals surface area contributed by atoms with Crippen LogP contribution in [0, 0.1) is 0 Å². The smallest absolute Gasteiger partial charge is 0.227 e. The lowest BCUT2D eigenvalue weighted by molar-refractivity contribution is 0.473. The Morgan fingerprint density at radius 1 is 1.17 bits per heavy atom. The van der Waals surface area contributed by atoms with E-state index < -0.39 is 0 Å². The van der Waals surface area contributed by atoms with Crippen LogP contribution in [-0.4, -0.2) is 54.4 Å². The lowest BCUT2D eigenvalue weighted by Crippen LogP contribution is -2.36. The Labute approximate surface area is 170 Å². The summed E-state index contributed by atoms with van der Waals surface area (Å²) in [5, 5.41) is 12.3. The average molecular weight is 393 g/mol. The van der Waals surface area contributed by atoms with Crippen LogP contribution in [0.4, 0.5) is 11.8 Å². The van der Waals surface area contributed by atoms with Crippen LogP contribution in [0.3, 0.4) is 0 Å². The van der Waals surface area contributed by atoms with Crippen molar-refractivity contribution in [3.8, 4) is 0 Å². The fourth-order valence-electron chi connectivity index (χ4n) is 4.55. The summed E-state index contributed by atoms with van der Waals surface area (Å²) in [5.41, 5.74) is 2.50. The zero-order chi connectivity index (χ0) is 19.8. The van der Waals surface area contributed by atoms with E-state index in [9.17, 15) is 0 Å². The summed E-state index contributed by atoms with van der Waals surface area (Å²) in [6.45, 7) is 2.54. The lowest BCUT2D eigenvalue weighted by Gasteiger charge is -2.32. The van der Waals surface area contributed by atoms with Crippen molar-refractivity contribution < 1.29 is 0 Å². The van der Waals surface area contributed by atoms with Gasteiger partial charge in [-0.05, 0) is 32.1 Å². The molecule has 4 heterocycles. The molecule has 1 aliphatic carbocycles. The highest BCUT2D eigenvalue weighted by molar-refractivity contribution is 5.53. The van der Waals surface area contributed by atoms with Gasteiger partial charge in [0.05, 0.1) is 18.6 Å². The Morgan fingerprint density at radius 3 is 2.93 bits per heavy atom. The highest BCUT2D eigenvalue weighted by atomic mass is 15.3. The zero-order valence-corrected chi connectivity index (χ0v) is 17.0. The molecule has 1 N–H and O–H groups in total.